The molecule has 1 aromatic rings. The topological polar surface area (TPSA) is 29.1 Å². The maximum absolute atomic E-state index is 11.5. The zero-order valence-electron chi connectivity index (χ0n) is 8.84. The van der Waals surface area contributed by atoms with Crippen LogP contribution in [-0.4, -0.2) is 11.0 Å². The first kappa shape index (κ1) is 12.4. The Morgan fingerprint density at radius 1 is 1.53 bits per heavy atom. The summed E-state index contributed by atoms with van der Waals surface area (Å²) >= 11 is 7.26. The molecule has 1 amide bonds. The standard InChI is InChI=1S/C11H14ClNOS/c1-3-7-15-11(14)13-10-8(2)5-4-6-9(10)12/h4-6H,3,7H2,1-2H3,(H,13,14). The molecule has 0 saturated carbocycles. The zero-order chi connectivity index (χ0) is 11.3. The van der Waals surface area contributed by atoms with Crippen LogP contribution in [0.5, 0.6) is 0 Å². The molecule has 0 bridgehead atoms. The quantitative estimate of drug-likeness (QED) is 0.857. The van der Waals surface area contributed by atoms with Gasteiger partial charge in [-0.3, -0.25) is 4.79 Å². The van der Waals surface area contributed by atoms with Crippen LogP contribution in [0.2, 0.25) is 5.02 Å². The van der Waals surface area contributed by atoms with Gasteiger partial charge in [-0.15, -0.1) is 0 Å². The third-order valence-electron chi connectivity index (χ3n) is 1.89. The fourth-order valence-corrected chi connectivity index (χ4v) is 1.96. The summed E-state index contributed by atoms with van der Waals surface area (Å²) in [6, 6.07) is 5.56. The van der Waals surface area contributed by atoms with Crippen LogP contribution in [0, 0.1) is 6.92 Å². The number of benzene rings is 1. The average molecular weight is 244 g/mol. The molecule has 0 aromatic heterocycles. The number of para-hydroxylation sites is 1. The van der Waals surface area contributed by atoms with Gasteiger partial charge in [-0.2, -0.15) is 0 Å². The molecule has 1 N–H and O–H groups in total. The first-order valence-corrected chi connectivity index (χ1v) is 6.20. The van der Waals surface area contributed by atoms with E-state index in [1.165, 1.54) is 11.8 Å². The SMILES string of the molecule is CCCSC(=O)Nc1c(C)cccc1Cl. The summed E-state index contributed by atoms with van der Waals surface area (Å²) < 4.78 is 0. The van der Waals surface area contributed by atoms with E-state index in [0.717, 1.165) is 17.7 Å². The first-order valence-electron chi connectivity index (χ1n) is 4.84. The zero-order valence-corrected chi connectivity index (χ0v) is 10.4. The summed E-state index contributed by atoms with van der Waals surface area (Å²) in [5.74, 6) is 0.829. The lowest BCUT2D eigenvalue weighted by atomic mass is 10.2. The van der Waals surface area contributed by atoms with Gasteiger partial charge in [0.15, 0.2) is 0 Å². The van der Waals surface area contributed by atoms with E-state index in [-0.39, 0.29) is 5.24 Å². The predicted octanol–water partition coefficient (Wildman–Crippen LogP) is 4.32. The Bertz CT molecular complexity index is 334. The Kier molecular flexibility index (Phi) is 4.99. The van der Waals surface area contributed by atoms with Crippen LogP contribution in [-0.2, 0) is 0 Å². The van der Waals surface area contributed by atoms with Crippen molar-refractivity contribution in [2.75, 3.05) is 11.1 Å². The summed E-state index contributed by atoms with van der Waals surface area (Å²) in [5, 5.41) is 3.34. The second kappa shape index (κ2) is 6.03. The summed E-state index contributed by atoms with van der Waals surface area (Å²) in [6.07, 6.45) is 0.986. The predicted molar refractivity (Wildman–Crippen MR) is 68.0 cm³/mol. The Hall–Kier alpha value is -0.670. The largest absolute Gasteiger partial charge is 0.315 e. The number of thioether (sulfide) groups is 1. The van der Waals surface area contributed by atoms with Crippen LogP contribution in [0.25, 0.3) is 0 Å². The average Bonchev–Trinajstić information content (AvgIpc) is 2.21. The lowest BCUT2D eigenvalue weighted by Gasteiger charge is -2.09. The van der Waals surface area contributed by atoms with Crippen molar-refractivity contribution in [3.05, 3.63) is 28.8 Å². The van der Waals surface area contributed by atoms with Gasteiger partial charge in [-0.05, 0) is 25.0 Å². The highest BCUT2D eigenvalue weighted by atomic mass is 35.5. The highest BCUT2D eigenvalue weighted by Crippen LogP contribution is 2.26. The molecular formula is C11H14ClNOS. The molecule has 0 spiro atoms. The van der Waals surface area contributed by atoms with E-state index in [1.807, 2.05) is 26.0 Å². The summed E-state index contributed by atoms with van der Waals surface area (Å²) in [6.45, 7) is 3.97. The van der Waals surface area contributed by atoms with Gasteiger partial charge in [0.2, 0.25) is 0 Å². The van der Waals surface area contributed by atoms with Gasteiger partial charge in [0, 0.05) is 5.75 Å². The van der Waals surface area contributed by atoms with E-state index in [2.05, 4.69) is 5.32 Å². The number of anilines is 1. The third-order valence-corrected chi connectivity index (χ3v) is 3.18. The van der Waals surface area contributed by atoms with Crippen molar-refractivity contribution in [1.29, 1.82) is 0 Å². The van der Waals surface area contributed by atoms with Crippen LogP contribution >= 0.6 is 23.4 Å². The summed E-state index contributed by atoms with van der Waals surface area (Å²) in [7, 11) is 0. The summed E-state index contributed by atoms with van der Waals surface area (Å²) in [5.41, 5.74) is 1.70. The minimum absolute atomic E-state index is 0.0481. The molecular weight excluding hydrogens is 230 g/mol. The van der Waals surface area contributed by atoms with E-state index in [1.54, 1.807) is 6.07 Å². The minimum atomic E-state index is -0.0481. The Labute approximate surface area is 99.4 Å². The minimum Gasteiger partial charge on any atom is -0.315 e. The van der Waals surface area contributed by atoms with Crippen molar-refractivity contribution in [2.24, 2.45) is 0 Å². The number of rotatable bonds is 3. The van der Waals surface area contributed by atoms with Crippen molar-refractivity contribution in [2.45, 2.75) is 20.3 Å². The van der Waals surface area contributed by atoms with Gasteiger partial charge in [0.1, 0.15) is 0 Å². The number of hydrogen-bond acceptors (Lipinski definition) is 2. The number of halogens is 1. The van der Waals surface area contributed by atoms with E-state index in [9.17, 15) is 4.79 Å². The van der Waals surface area contributed by atoms with Crippen molar-refractivity contribution in [3.8, 4) is 0 Å². The van der Waals surface area contributed by atoms with Gasteiger partial charge in [0.25, 0.3) is 5.24 Å². The van der Waals surface area contributed by atoms with Crippen molar-refractivity contribution in [1.82, 2.24) is 0 Å². The van der Waals surface area contributed by atoms with Crippen LogP contribution in [0.1, 0.15) is 18.9 Å². The number of carbonyl (C=O) groups is 1. The molecule has 0 unspecified atom stereocenters. The highest BCUT2D eigenvalue weighted by molar-refractivity contribution is 8.13. The smallest absolute Gasteiger partial charge is 0.283 e. The highest BCUT2D eigenvalue weighted by Gasteiger charge is 2.07. The summed E-state index contributed by atoms with van der Waals surface area (Å²) in [4.78, 5) is 11.5. The Morgan fingerprint density at radius 3 is 2.87 bits per heavy atom. The third kappa shape index (κ3) is 3.76. The molecule has 2 nitrogen and oxygen atoms in total. The van der Waals surface area contributed by atoms with Crippen LogP contribution in [0.15, 0.2) is 18.2 Å². The molecule has 0 aliphatic rings. The number of amides is 1. The van der Waals surface area contributed by atoms with Crippen LogP contribution < -0.4 is 5.32 Å². The maximum Gasteiger partial charge on any atom is 0.283 e. The molecule has 82 valence electrons. The molecule has 1 aromatic carbocycles. The van der Waals surface area contributed by atoms with Crippen molar-refractivity contribution in [3.63, 3.8) is 0 Å². The van der Waals surface area contributed by atoms with Gasteiger partial charge < -0.3 is 5.32 Å². The van der Waals surface area contributed by atoms with E-state index in [0.29, 0.717) is 10.7 Å². The Balaban J connectivity index is 2.68. The molecule has 0 atom stereocenters. The second-order valence-electron chi connectivity index (χ2n) is 3.19. The Morgan fingerprint density at radius 2 is 2.27 bits per heavy atom. The van der Waals surface area contributed by atoms with E-state index < -0.39 is 0 Å². The molecule has 0 saturated heterocycles. The molecule has 15 heavy (non-hydrogen) atoms. The fourth-order valence-electron chi connectivity index (χ4n) is 1.12. The normalized spacial score (nSPS) is 10.1. The van der Waals surface area contributed by atoms with Gasteiger partial charge in [-0.25, -0.2) is 0 Å². The van der Waals surface area contributed by atoms with Crippen molar-refractivity contribution >= 4 is 34.3 Å². The van der Waals surface area contributed by atoms with Gasteiger partial charge >= 0.3 is 0 Å². The molecule has 4 heteroatoms. The molecule has 0 radical (unpaired) electrons. The molecule has 0 aliphatic heterocycles. The molecule has 0 heterocycles. The first-order chi connectivity index (χ1) is 7.15. The lowest BCUT2D eigenvalue weighted by Crippen LogP contribution is -2.07. The number of nitrogens with one attached hydrogen (secondary N) is 1. The van der Waals surface area contributed by atoms with E-state index in [4.69, 9.17) is 11.6 Å². The lowest BCUT2D eigenvalue weighted by molar-refractivity contribution is 0.269. The van der Waals surface area contributed by atoms with Crippen LogP contribution in [0.4, 0.5) is 10.5 Å². The number of aryl methyl sites for hydroxylation is 1. The number of carbonyl (C=O) groups excluding carboxylic acids is 1. The maximum atomic E-state index is 11.5. The molecule has 1 rings (SSSR count). The van der Waals surface area contributed by atoms with Gasteiger partial charge in [0.05, 0.1) is 10.7 Å². The number of hydrogen-bond donors (Lipinski definition) is 1. The molecule has 0 fully saturated rings. The fraction of sp³-hybridized carbons (Fsp3) is 0.364. The monoisotopic (exact) mass is 243 g/mol. The molecule has 0 aliphatic carbocycles. The van der Waals surface area contributed by atoms with Gasteiger partial charge in [-0.1, -0.05) is 42.4 Å². The van der Waals surface area contributed by atoms with Crippen LogP contribution in [0.3, 0.4) is 0 Å². The van der Waals surface area contributed by atoms with E-state index >= 15 is 0 Å². The second-order valence-corrected chi connectivity index (χ2v) is 4.67. The van der Waals surface area contributed by atoms with Crippen molar-refractivity contribution < 1.29 is 4.79 Å².